The normalized spacial score (nSPS) is 25.9. The maximum atomic E-state index is 6.31. The first-order valence-electron chi connectivity index (χ1n) is 6.08. The van der Waals surface area contributed by atoms with Gasteiger partial charge in [0.1, 0.15) is 0 Å². The van der Waals surface area contributed by atoms with Gasteiger partial charge in [-0.1, -0.05) is 12.8 Å². The molecule has 4 heteroatoms. The van der Waals surface area contributed by atoms with E-state index in [0.717, 1.165) is 13.1 Å². The topological polar surface area (TPSA) is 29.9 Å². The Bertz CT molecular complexity index is 324. The minimum absolute atomic E-state index is 0.371. The van der Waals surface area contributed by atoms with Crippen LogP contribution in [0.15, 0.2) is 12.4 Å². The van der Waals surface area contributed by atoms with Crippen molar-refractivity contribution in [2.75, 3.05) is 6.54 Å². The number of aryl methyl sites for hydroxylation is 1. The molecule has 0 aliphatic heterocycles. The Morgan fingerprint density at radius 2 is 2.31 bits per heavy atom. The molecule has 1 heterocycles. The Morgan fingerprint density at radius 3 is 3.00 bits per heavy atom. The third-order valence-corrected chi connectivity index (χ3v) is 3.88. The highest BCUT2D eigenvalue weighted by Gasteiger charge is 2.22. The van der Waals surface area contributed by atoms with Gasteiger partial charge in [0.2, 0.25) is 0 Å². The van der Waals surface area contributed by atoms with Gasteiger partial charge < -0.3 is 5.32 Å². The van der Waals surface area contributed by atoms with Crippen LogP contribution < -0.4 is 5.32 Å². The average molecular weight is 242 g/mol. The zero-order valence-corrected chi connectivity index (χ0v) is 10.6. The molecule has 2 atom stereocenters. The van der Waals surface area contributed by atoms with E-state index >= 15 is 0 Å². The lowest BCUT2D eigenvalue weighted by Crippen LogP contribution is -2.30. The van der Waals surface area contributed by atoms with Gasteiger partial charge in [0.15, 0.2) is 0 Å². The fourth-order valence-electron chi connectivity index (χ4n) is 2.36. The van der Waals surface area contributed by atoms with Gasteiger partial charge >= 0.3 is 0 Å². The molecule has 0 saturated heterocycles. The molecule has 1 fully saturated rings. The van der Waals surface area contributed by atoms with E-state index in [0.29, 0.717) is 11.3 Å². The van der Waals surface area contributed by atoms with Crippen molar-refractivity contribution in [1.82, 2.24) is 15.1 Å². The summed E-state index contributed by atoms with van der Waals surface area (Å²) in [5.41, 5.74) is 1.24. The quantitative estimate of drug-likeness (QED) is 0.820. The van der Waals surface area contributed by atoms with Crippen molar-refractivity contribution in [1.29, 1.82) is 0 Å². The molecule has 1 aromatic rings. The van der Waals surface area contributed by atoms with Crippen molar-refractivity contribution < 1.29 is 0 Å². The van der Waals surface area contributed by atoms with Gasteiger partial charge in [-0.2, -0.15) is 5.10 Å². The molecule has 1 saturated carbocycles. The van der Waals surface area contributed by atoms with E-state index in [-0.39, 0.29) is 0 Å². The highest BCUT2D eigenvalue weighted by Crippen LogP contribution is 2.27. The van der Waals surface area contributed by atoms with Crippen LogP contribution >= 0.6 is 11.6 Å². The number of nitrogens with zero attached hydrogens (tertiary/aromatic N) is 2. The van der Waals surface area contributed by atoms with E-state index in [1.165, 1.54) is 31.2 Å². The largest absolute Gasteiger partial charge is 0.312 e. The smallest absolute Gasteiger partial charge is 0.0534 e. The third-order valence-electron chi connectivity index (χ3n) is 3.31. The fourth-order valence-corrected chi connectivity index (χ4v) is 2.73. The molecule has 2 rings (SSSR count). The van der Waals surface area contributed by atoms with E-state index in [1.807, 2.05) is 24.1 Å². The van der Waals surface area contributed by atoms with Gasteiger partial charge in [0.05, 0.1) is 6.20 Å². The summed E-state index contributed by atoms with van der Waals surface area (Å²) in [5, 5.41) is 8.00. The van der Waals surface area contributed by atoms with E-state index in [4.69, 9.17) is 11.6 Å². The maximum absolute atomic E-state index is 6.31. The fraction of sp³-hybridized carbons (Fsp3) is 0.750. The summed E-state index contributed by atoms with van der Waals surface area (Å²) < 4.78 is 1.84. The molecule has 1 aliphatic carbocycles. The Labute approximate surface area is 102 Å². The number of halogens is 1. The third kappa shape index (κ3) is 3.22. The number of hydrogen-bond donors (Lipinski definition) is 1. The van der Waals surface area contributed by atoms with E-state index in [9.17, 15) is 0 Å². The van der Waals surface area contributed by atoms with Crippen molar-refractivity contribution in [2.45, 2.75) is 37.6 Å². The van der Waals surface area contributed by atoms with Crippen molar-refractivity contribution in [2.24, 2.45) is 13.0 Å². The molecule has 2 unspecified atom stereocenters. The lowest BCUT2D eigenvalue weighted by Gasteiger charge is -2.27. The van der Waals surface area contributed by atoms with Gasteiger partial charge in [-0.05, 0) is 25.3 Å². The van der Waals surface area contributed by atoms with Crippen LogP contribution in [0.25, 0.3) is 0 Å². The van der Waals surface area contributed by atoms with Crippen LogP contribution in [-0.2, 0) is 13.6 Å². The maximum Gasteiger partial charge on any atom is 0.0534 e. The molecule has 3 nitrogen and oxygen atoms in total. The second-order valence-electron chi connectivity index (χ2n) is 4.71. The van der Waals surface area contributed by atoms with E-state index in [2.05, 4.69) is 10.4 Å². The molecular formula is C12H20ClN3. The first-order valence-corrected chi connectivity index (χ1v) is 6.51. The van der Waals surface area contributed by atoms with Crippen LogP contribution in [0, 0.1) is 5.92 Å². The number of rotatable bonds is 4. The first kappa shape index (κ1) is 11.9. The van der Waals surface area contributed by atoms with Crippen LogP contribution in [0.1, 0.15) is 31.2 Å². The standard InChI is InChI=1S/C12H20ClN3/c1-16-9-10(7-15-16)6-14-8-11-4-2-3-5-12(11)13/h7,9,11-12,14H,2-6,8H2,1H3. The molecule has 0 amide bonds. The van der Waals surface area contributed by atoms with Crippen molar-refractivity contribution >= 4 is 11.6 Å². The molecule has 90 valence electrons. The lowest BCUT2D eigenvalue weighted by atomic mass is 9.89. The lowest BCUT2D eigenvalue weighted by molar-refractivity contribution is 0.348. The predicted molar refractivity (Wildman–Crippen MR) is 66.5 cm³/mol. The minimum atomic E-state index is 0.371. The predicted octanol–water partition coefficient (Wildman–Crippen LogP) is 2.31. The van der Waals surface area contributed by atoms with Crippen LogP contribution in [0.4, 0.5) is 0 Å². The minimum Gasteiger partial charge on any atom is -0.312 e. The first-order chi connectivity index (χ1) is 7.75. The second-order valence-corrected chi connectivity index (χ2v) is 5.27. The zero-order valence-electron chi connectivity index (χ0n) is 9.82. The Hall–Kier alpha value is -0.540. The van der Waals surface area contributed by atoms with Gasteiger partial charge in [0, 0.05) is 30.7 Å². The Balaban J connectivity index is 1.71. The number of aromatic nitrogens is 2. The number of alkyl halides is 1. The van der Waals surface area contributed by atoms with Gasteiger partial charge in [-0.3, -0.25) is 4.68 Å². The molecule has 16 heavy (non-hydrogen) atoms. The van der Waals surface area contributed by atoms with Crippen LogP contribution in [0.5, 0.6) is 0 Å². The Morgan fingerprint density at radius 1 is 1.50 bits per heavy atom. The van der Waals surface area contributed by atoms with Crippen LogP contribution in [0.2, 0.25) is 0 Å². The summed E-state index contributed by atoms with van der Waals surface area (Å²) in [6.45, 7) is 1.93. The van der Waals surface area contributed by atoms with Crippen LogP contribution in [-0.4, -0.2) is 21.7 Å². The summed E-state index contributed by atoms with van der Waals surface area (Å²) in [5.74, 6) is 0.645. The molecule has 1 N–H and O–H groups in total. The van der Waals surface area contributed by atoms with Gasteiger partial charge in [-0.25, -0.2) is 0 Å². The summed E-state index contributed by atoms with van der Waals surface area (Å²) in [6, 6.07) is 0. The monoisotopic (exact) mass is 241 g/mol. The molecule has 0 bridgehead atoms. The molecule has 0 spiro atoms. The number of hydrogen-bond acceptors (Lipinski definition) is 2. The summed E-state index contributed by atoms with van der Waals surface area (Å²) in [4.78, 5) is 0. The highest BCUT2D eigenvalue weighted by molar-refractivity contribution is 6.20. The highest BCUT2D eigenvalue weighted by atomic mass is 35.5. The summed E-state index contributed by atoms with van der Waals surface area (Å²) in [7, 11) is 1.94. The molecule has 1 aromatic heterocycles. The Kier molecular flexibility index (Phi) is 4.24. The molecule has 1 aliphatic rings. The van der Waals surface area contributed by atoms with Crippen LogP contribution in [0.3, 0.4) is 0 Å². The average Bonchev–Trinajstić information content (AvgIpc) is 2.67. The van der Waals surface area contributed by atoms with Crippen molar-refractivity contribution in [3.63, 3.8) is 0 Å². The molecule has 0 aromatic carbocycles. The number of nitrogens with one attached hydrogen (secondary N) is 1. The summed E-state index contributed by atoms with van der Waals surface area (Å²) in [6.07, 6.45) is 9.04. The van der Waals surface area contributed by atoms with Crippen molar-refractivity contribution in [3.05, 3.63) is 18.0 Å². The molecular weight excluding hydrogens is 222 g/mol. The van der Waals surface area contributed by atoms with E-state index < -0.39 is 0 Å². The molecule has 0 radical (unpaired) electrons. The zero-order chi connectivity index (χ0) is 11.4. The second kappa shape index (κ2) is 5.69. The van der Waals surface area contributed by atoms with Gasteiger partial charge in [-0.15, -0.1) is 11.6 Å². The SMILES string of the molecule is Cn1cc(CNCC2CCCCC2Cl)cn1. The van der Waals surface area contributed by atoms with Gasteiger partial charge in [0.25, 0.3) is 0 Å². The van der Waals surface area contributed by atoms with E-state index in [1.54, 1.807) is 0 Å². The van der Waals surface area contributed by atoms with Crippen molar-refractivity contribution in [3.8, 4) is 0 Å². The summed E-state index contributed by atoms with van der Waals surface area (Å²) >= 11 is 6.31.